The predicted octanol–water partition coefficient (Wildman–Crippen LogP) is 2.67. The van der Waals surface area contributed by atoms with Crippen LogP contribution in [0.4, 0.5) is 0 Å². The van der Waals surface area contributed by atoms with Gasteiger partial charge in [-0.25, -0.2) is 0 Å². The number of nitrogens with one attached hydrogen (secondary N) is 1. The summed E-state index contributed by atoms with van der Waals surface area (Å²) < 4.78 is 0. The zero-order valence-corrected chi connectivity index (χ0v) is 11.2. The average Bonchev–Trinajstić information content (AvgIpc) is 2.64. The zero-order chi connectivity index (χ0) is 12.8. The van der Waals surface area contributed by atoms with Gasteiger partial charge in [0.15, 0.2) is 0 Å². The second-order valence-corrected chi connectivity index (χ2v) is 5.33. The Morgan fingerprint density at radius 3 is 2.89 bits per heavy atom. The fourth-order valence-electron chi connectivity index (χ4n) is 2.86. The second-order valence-electron chi connectivity index (χ2n) is 5.33. The van der Waals surface area contributed by atoms with Gasteiger partial charge in [-0.1, -0.05) is 25.3 Å². The van der Waals surface area contributed by atoms with Gasteiger partial charge in [0, 0.05) is 24.9 Å². The first kappa shape index (κ1) is 13.5. The van der Waals surface area contributed by atoms with Crippen LogP contribution >= 0.6 is 0 Å². The van der Waals surface area contributed by atoms with Gasteiger partial charge in [0.1, 0.15) is 0 Å². The fourth-order valence-corrected chi connectivity index (χ4v) is 2.86. The first-order chi connectivity index (χ1) is 8.81. The number of nitrogens with zero attached hydrogens (tertiary/aromatic N) is 1. The van der Waals surface area contributed by atoms with Crippen LogP contribution in [0.5, 0.6) is 0 Å². The maximum atomic E-state index is 9.51. The third-order valence-corrected chi connectivity index (χ3v) is 3.99. The molecule has 3 heteroatoms. The molecular weight excluding hydrogens is 224 g/mol. The molecule has 0 aliphatic heterocycles. The average molecular weight is 248 g/mol. The molecule has 18 heavy (non-hydrogen) atoms. The molecule has 0 aromatic carbocycles. The lowest BCUT2D eigenvalue weighted by atomic mass is 9.94. The minimum Gasteiger partial charge on any atom is -0.396 e. The van der Waals surface area contributed by atoms with Gasteiger partial charge in [-0.15, -0.1) is 0 Å². The Balaban J connectivity index is 1.98. The van der Waals surface area contributed by atoms with Crippen molar-refractivity contribution in [1.82, 2.24) is 10.3 Å². The summed E-state index contributed by atoms with van der Waals surface area (Å²) in [5, 5.41) is 13.2. The van der Waals surface area contributed by atoms with Gasteiger partial charge in [0.2, 0.25) is 0 Å². The quantitative estimate of drug-likeness (QED) is 0.805. The van der Waals surface area contributed by atoms with Crippen molar-refractivity contribution in [2.45, 2.75) is 51.1 Å². The lowest BCUT2D eigenvalue weighted by molar-refractivity contribution is 0.175. The molecule has 1 saturated carbocycles. The standard InChI is InChI=1S/C15H24N2O/c1-12(14-8-5-6-10-16-14)17-15-9-4-2-3-7-13(15)11-18/h5-6,8,10,12-13,15,17-18H,2-4,7,9,11H2,1H3. The van der Waals surface area contributed by atoms with E-state index in [2.05, 4.69) is 23.3 Å². The van der Waals surface area contributed by atoms with Gasteiger partial charge in [-0.2, -0.15) is 0 Å². The van der Waals surface area contributed by atoms with Crippen molar-refractivity contribution in [2.75, 3.05) is 6.61 Å². The van der Waals surface area contributed by atoms with Crippen LogP contribution in [0.2, 0.25) is 0 Å². The molecule has 1 fully saturated rings. The van der Waals surface area contributed by atoms with Crippen LogP contribution < -0.4 is 5.32 Å². The zero-order valence-electron chi connectivity index (χ0n) is 11.2. The SMILES string of the molecule is CC(NC1CCCCCC1CO)c1ccccn1. The minimum atomic E-state index is 0.253. The highest BCUT2D eigenvalue weighted by Crippen LogP contribution is 2.25. The van der Waals surface area contributed by atoms with Crippen LogP contribution in [0.25, 0.3) is 0 Å². The van der Waals surface area contributed by atoms with Gasteiger partial charge < -0.3 is 10.4 Å². The molecule has 0 amide bonds. The topological polar surface area (TPSA) is 45.1 Å². The van der Waals surface area contributed by atoms with E-state index in [0.29, 0.717) is 18.6 Å². The third-order valence-electron chi connectivity index (χ3n) is 3.99. The van der Waals surface area contributed by atoms with E-state index in [1.54, 1.807) is 0 Å². The van der Waals surface area contributed by atoms with E-state index in [-0.39, 0.29) is 6.04 Å². The minimum absolute atomic E-state index is 0.253. The normalized spacial score (nSPS) is 26.6. The Kier molecular flexibility index (Phi) is 5.14. The van der Waals surface area contributed by atoms with Gasteiger partial charge in [-0.3, -0.25) is 4.98 Å². The van der Waals surface area contributed by atoms with Crippen molar-refractivity contribution >= 4 is 0 Å². The Bertz CT molecular complexity index is 342. The molecule has 0 radical (unpaired) electrons. The molecule has 2 rings (SSSR count). The smallest absolute Gasteiger partial charge is 0.0570 e. The Hall–Kier alpha value is -0.930. The summed E-state index contributed by atoms with van der Waals surface area (Å²) >= 11 is 0. The Morgan fingerprint density at radius 2 is 2.17 bits per heavy atom. The van der Waals surface area contributed by atoms with Crippen molar-refractivity contribution in [2.24, 2.45) is 5.92 Å². The van der Waals surface area contributed by atoms with Crippen LogP contribution in [0, 0.1) is 5.92 Å². The van der Waals surface area contributed by atoms with E-state index in [1.807, 2.05) is 18.3 Å². The molecule has 1 aliphatic rings. The molecule has 0 spiro atoms. The molecule has 1 aromatic rings. The highest BCUT2D eigenvalue weighted by molar-refractivity contribution is 5.08. The van der Waals surface area contributed by atoms with E-state index in [1.165, 1.54) is 25.7 Å². The van der Waals surface area contributed by atoms with Crippen LogP contribution in [0.3, 0.4) is 0 Å². The van der Waals surface area contributed by atoms with Gasteiger partial charge in [0.05, 0.1) is 5.69 Å². The predicted molar refractivity (Wildman–Crippen MR) is 73.2 cm³/mol. The molecule has 3 unspecified atom stereocenters. The van der Waals surface area contributed by atoms with Gasteiger partial charge in [0.25, 0.3) is 0 Å². The van der Waals surface area contributed by atoms with Gasteiger partial charge >= 0.3 is 0 Å². The summed E-state index contributed by atoms with van der Waals surface area (Å²) in [6.07, 6.45) is 7.97. The number of rotatable bonds is 4. The lowest BCUT2D eigenvalue weighted by Gasteiger charge is -2.28. The van der Waals surface area contributed by atoms with Crippen molar-refractivity contribution in [1.29, 1.82) is 0 Å². The van der Waals surface area contributed by atoms with E-state index in [0.717, 1.165) is 12.1 Å². The van der Waals surface area contributed by atoms with Crippen molar-refractivity contribution in [3.05, 3.63) is 30.1 Å². The van der Waals surface area contributed by atoms with Gasteiger partial charge in [-0.05, 0) is 37.8 Å². The summed E-state index contributed by atoms with van der Waals surface area (Å²) in [5.41, 5.74) is 1.08. The molecule has 1 heterocycles. The molecule has 0 bridgehead atoms. The molecule has 3 atom stereocenters. The monoisotopic (exact) mass is 248 g/mol. The van der Waals surface area contributed by atoms with Crippen molar-refractivity contribution in [3.63, 3.8) is 0 Å². The Morgan fingerprint density at radius 1 is 1.33 bits per heavy atom. The Labute approximate surface area is 110 Å². The lowest BCUT2D eigenvalue weighted by Crippen LogP contribution is -2.39. The van der Waals surface area contributed by atoms with Crippen LogP contribution in [-0.2, 0) is 0 Å². The van der Waals surface area contributed by atoms with Crippen molar-refractivity contribution in [3.8, 4) is 0 Å². The summed E-state index contributed by atoms with van der Waals surface area (Å²) in [5.74, 6) is 0.402. The highest BCUT2D eigenvalue weighted by Gasteiger charge is 2.24. The third kappa shape index (κ3) is 3.53. The van der Waals surface area contributed by atoms with E-state index >= 15 is 0 Å². The van der Waals surface area contributed by atoms with E-state index in [4.69, 9.17) is 0 Å². The van der Waals surface area contributed by atoms with E-state index in [9.17, 15) is 5.11 Å². The largest absolute Gasteiger partial charge is 0.396 e. The molecule has 2 N–H and O–H groups in total. The van der Waals surface area contributed by atoms with E-state index < -0.39 is 0 Å². The first-order valence-electron chi connectivity index (χ1n) is 7.09. The van der Waals surface area contributed by atoms with Crippen LogP contribution in [0.15, 0.2) is 24.4 Å². The number of hydrogen-bond acceptors (Lipinski definition) is 3. The number of aliphatic hydroxyl groups is 1. The molecule has 1 aliphatic carbocycles. The summed E-state index contributed by atoms with van der Waals surface area (Å²) in [4.78, 5) is 4.39. The number of pyridine rings is 1. The molecule has 0 saturated heterocycles. The van der Waals surface area contributed by atoms with Crippen molar-refractivity contribution < 1.29 is 5.11 Å². The number of aliphatic hydroxyl groups excluding tert-OH is 1. The fraction of sp³-hybridized carbons (Fsp3) is 0.667. The maximum absolute atomic E-state index is 9.51. The number of hydrogen-bond donors (Lipinski definition) is 2. The van der Waals surface area contributed by atoms with Crippen LogP contribution in [-0.4, -0.2) is 22.7 Å². The molecule has 1 aromatic heterocycles. The molecule has 100 valence electrons. The number of aromatic nitrogens is 1. The maximum Gasteiger partial charge on any atom is 0.0570 e. The summed E-state index contributed by atoms with van der Waals surface area (Å²) in [6.45, 7) is 2.45. The summed E-state index contributed by atoms with van der Waals surface area (Å²) in [6, 6.07) is 6.70. The highest BCUT2D eigenvalue weighted by atomic mass is 16.3. The van der Waals surface area contributed by atoms with Crippen LogP contribution in [0.1, 0.15) is 50.8 Å². The molecule has 3 nitrogen and oxygen atoms in total. The first-order valence-corrected chi connectivity index (χ1v) is 7.09. The molecular formula is C15H24N2O. The second kappa shape index (κ2) is 6.86. The summed E-state index contributed by atoms with van der Waals surface area (Å²) in [7, 11) is 0.